The van der Waals surface area contributed by atoms with Crippen molar-refractivity contribution in [2.75, 3.05) is 16.8 Å². The average Bonchev–Trinajstić information content (AvgIpc) is 2.91. The van der Waals surface area contributed by atoms with Gasteiger partial charge in [-0.25, -0.2) is 8.42 Å². The number of fused-ring (bicyclic) bond motifs is 1. The lowest BCUT2D eigenvalue weighted by Gasteiger charge is -2.10. The molecule has 0 spiro atoms. The molecule has 0 saturated carbocycles. The normalized spacial score (nSPS) is 22.8. The highest BCUT2D eigenvalue weighted by Gasteiger charge is 2.33. The molecule has 0 aliphatic carbocycles. The summed E-state index contributed by atoms with van der Waals surface area (Å²) in [5.41, 5.74) is 0.839. The Bertz CT molecular complexity index is 769. The lowest BCUT2D eigenvalue weighted by molar-refractivity contribution is -0.119. The SMILES string of the molecule is O=C1NC(=O)c2cc(NC(=O)[C@@H]3CCS(=O)(=O)C3)ccc21. The average molecular weight is 308 g/mol. The van der Waals surface area contributed by atoms with E-state index in [1.54, 1.807) is 0 Å². The molecule has 0 aromatic heterocycles. The fourth-order valence-corrected chi connectivity index (χ4v) is 4.23. The quantitative estimate of drug-likeness (QED) is 0.744. The minimum Gasteiger partial charge on any atom is -0.326 e. The number of rotatable bonds is 2. The molecule has 2 aliphatic rings. The Morgan fingerprint density at radius 3 is 2.57 bits per heavy atom. The van der Waals surface area contributed by atoms with Crippen molar-refractivity contribution in [3.05, 3.63) is 29.3 Å². The Kier molecular flexibility index (Phi) is 3.05. The molecule has 1 aromatic rings. The summed E-state index contributed by atoms with van der Waals surface area (Å²) in [6, 6.07) is 4.38. The molecule has 2 aliphatic heterocycles. The molecule has 1 aromatic carbocycles. The van der Waals surface area contributed by atoms with Gasteiger partial charge in [-0.3, -0.25) is 19.7 Å². The summed E-state index contributed by atoms with van der Waals surface area (Å²) in [5.74, 6) is -2.06. The van der Waals surface area contributed by atoms with Gasteiger partial charge in [0, 0.05) is 5.69 Å². The second-order valence-electron chi connectivity index (χ2n) is 5.13. The molecule has 110 valence electrons. The summed E-state index contributed by atoms with van der Waals surface area (Å²) in [6.45, 7) is 0. The van der Waals surface area contributed by atoms with Crippen molar-refractivity contribution >= 4 is 33.2 Å². The van der Waals surface area contributed by atoms with E-state index in [9.17, 15) is 22.8 Å². The molecule has 1 fully saturated rings. The smallest absolute Gasteiger partial charge is 0.259 e. The van der Waals surface area contributed by atoms with Crippen LogP contribution in [0.2, 0.25) is 0 Å². The van der Waals surface area contributed by atoms with Crippen molar-refractivity contribution < 1.29 is 22.8 Å². The maximum absolute atomic E-state index is 12.0. The summed E-state index contributed by atoms with van der Waals surface area (Å²) >= 11 is 0. The van der Waals surface area contributed by atoms with E-state index in [0.29, 0.717) is 12.1 Å². The molecule has 21 heavy (non-hydrogen) atoms. The first kappa shape index (κ1) is 13.7. The van der Waals surface area contributed by atoms with Crippen LogP contribution in [0.1, 0.15) is 27.1 Å². The van der Waals surface area contributed by atoms with E-state index < -0.39 is 27.6 Å². The topological polar surface area (TPSA) is 109 Å². The molecule has 7 nitrogen and oxygen atoms in total. The van der Waals surface area contributed by atoms with Gasteiger partial charge >= 0.3 is 0 Å². The van der Waals surface area contributed by atoms with Crippen LogP contribution >= 0.6 is 0 Å². The van der Waals surface area contributed by atoms with Gasteiger partial charge in [0.2, 0.25) is 5.91 Å². The first-order chi connectivity index (χ1) is 9.85. The zero-order valence-electron chi connectivity index (χ0n) is 10.9. The maximum Gasteiger partial charge on any atom is 0.259 e. The van der Waals surface area contributed by atoms with Crippen LogP contribution in [-0.2, 0) is 14.6 Å². The number of sulfone groups is 1. The lowest BCUT2D eigenvalue weighted by Crippen LogP contribution is -2.23. The van der Waals surface area contributed by atoms with E-state index in [0.717, 1.165) is 0 Å². The molecule has 3 rings (SSSR count). The predicted molar refractivity (Wildman–Crippen MR) is 73.6 cm³/mol. The Morgan fingerprint density at radius 1 is 1.19 bits per heavy atom. The molecular weight excluding hydrogens is 296 g/mol. The van der Waals surface area contributed by atoms with Crippen LogP contribution in [-0.4, -0.2) is 37.6 Å². The Labute approximate surface area is 120 Å². The van der Waals surface area contributed by atoms with E-state index in [2.05, 4.69) is 10.6 Å². The predicted octanol–water partition coefficient (Wildman–Crippen LogP) is -0.0566. The Morgan fingerprint density at radius 2 is 1.90 bits per heavy atom. The van der Waals surface area contributed by atoms with E-state index in [4.69, 9.17) is 0 Å². The second kappa shape index (κ2) is 4.66. The molecule has 2 N–H and O–H groups in total. The third kappa shape index (κ3) is 2.54. The molecule has 8 heteroatoms. The van der Waals surface area contributed by atoms with Crippen LogP contribution in [0, 0.1) is 5.92 Å². The third-order valence-corrected chi connectivity index (χ3v) is 5.37. The number of benzene rings is 1. The zero-order valence-corrected chi connectivity index (χ0v) is 11.7. The minimum atomic E-state index is -3.13. The van der Waals surface area contributed by atoms with Crippen LogP contribution in [0.25, 0.3) is 0 Å². The number of nitrogens with one attached hydrogen (secondary N) is 2. The molecule has 0 unspecified atom stereocenters. The Balaban J connectivity index is 1.78. The molecule has 1 saturated heterocycles. The maximum atomic E-state index is 12.0. The number of carbonyl (C=O) groups excluding carboxylic acids is 3. The van der Waals surface area contributed by atoms with Gasteiger partial charge in [-0.05, 0) is 24.6 Å². The minimum absolute atomic E-state index is 0.0200. The van der Waals surface area contributed by atoms with Crippen LogP contribution < -0.4 is 10.6 Å². The monoisotopic (exact) mass is 308 g/mol. The van der Waals surface area contributed by atoms with Crippen LogP contribution in [0.4, 0.5) is 5.69 Å². The highest BCUT2D eigenvalue weighted by atomic mass is 32.2. The number of hydrogen-bond donors (Lipinski definition) is 2. The largest absolute Gasteiger partial charge is 0.326 e. The van der Waals surface area contributed by atoms with Crippen molar-refractivity contribution in [3.63, 3.8) is 0 Å². The van der Waals surface area contributed by atoms with Crippen molar-refractivity contribution in [1.29, 1.82) is 0 Å². The molecule has 0 radical (unpaired) electrons. The van der Waals surface area contributed by atoms with Crippen molar-refractivity contribution in [3.8, 4) is 0 Å². The first-order valence-electron chi connectivity index (χ1n) is 6.37. The highest BCUT2D eigenvalue weighted by Crippen LogP contribution is 2.23. The van der Waals surface area contributed by atoms with Crippen molar-refractivity contribution in [2.24, 2.45) is 5.92 Å². The van der Waals surface area contributed by atoms with Crippen LogP contribution in [0.15, 0.2) is 18.2 Å². The molecule has 1 atom stereocenters. The van der Waals surface area contributed by atoms with Gasteiger partial charge < -0.3 is 5.32 Å². The fourth-order valence-electron chi connectivity index (χ4n) is 2.49. The van der Waals surface area contributed by atoms with Gasteiger partial charge in [-0.15, -0.1) is 0 Å². The van der Waals surface area contributed by atoms with E-state index >= 15 is 0 Å². The number of anilines is 1. The van der Waals surface area contributed by atoms with Gasteiger partial charge in [0.15, 0.2) is 9.84 Å². The Hall–Kier alpha value is -2.22. The number of carbonyl (C=O) groups is 3. The van der Waals surface area contributed by atoms with Gasteiger partial charge in [0.25, 0.3) is 11.8 Å². The first-order valence-corrected chi connectivity index (χ1v) is 8.19. The number of amides is 3. The summed E-state index contributed by atoms with van der Waals surface area (Å²) in [4.78, 5) is 34.9. The standard InChI is InChI=1S/C13H12N2O5S/c16-11(7-3-4-21(19,20)6-7)14-8-1-2-9-10(5-8)13(18)15-12(9)17/h1-2,5,7H,3-4,6H2,(H,14,16)(H,15,17,18)/t7-/m1/s1. The van der Waals surface area contributed by atoms with E-state index in [1.165, 1.54) is 18.2 Å². The van der Waals surface area contributed by atoms with Crippen LogP contribution in [0.5, 0.6) is 0 Å². The fraction of sp³-hybridized carbons (Fsp3) is 0.308. The van der Waals surface area contributed by atoms with Crippen molar-refractivity contribution in [2.45, 2.75) is 6.42 Å². The van der Waals surface area contributed by atoms with E-state index in [1.807, 2.05) is 0 Å². The number of imide groups is 1. The second-order valence-corrected chi connectivity index (χ2v) is 7.36. The van der Waals surface area contributed by atoms with Crippen molar-refractivity contribution in [1.82, 2.24) is 5.32 Å². The molecular formula is C13H12N2O5S. The number of hydrogen-bond acceptors (Lipinski definition) is 5. The summed E-state index contributed by atoms with van der Waals surface area (Å²) in [7, 11) is -3.13. The molecule has 2 heterocycles. The van der Waals surface area contributed by atoms with Gasteiger partial charge in [0.1, 0.15) is 0 Å². The third-order valence-electron chi connectivity index (χ3n) is 3.61. The van der Waals surface area contributed by atoms with Gasteiger partial charge in [-0.1, -0.05) is 0 Å². The van der Waals surface area contributed by atoms with Gasteiger partial charge in [-0.2, -0.15) is 0 Å². The zero-order chi connectivity index (χ0) is 15.2. The molecule has 3 amide bonds. The summed E-state index contributed by atoms with van der Waals surface area (Å²) in [6.07, 6.45) is 0.304. The highest BCUT2D eigenvalue weighted by molar-refractivity contribution is 7.91. The van der Waals surface area contributed by atoms with E-state index in [-0.39, 0.29) is 28.5 Å². The molecule has 0 bridgehead atoms. The summed E-state index contributed by atoms with van der Waals surface area (Å²) in [5, 5.41) is 4.75. The van der Waals surface area contributed by atoms with Gasteiger partial charge in [0.05, 0.1) is 28.6 Å². The van der Waals surface area contributed by atoms with Crippen LogP contribution in [0.3, 0.4) is 0 Å². The lowest BCUT2D eigenvalue weighted by atomic mass is 10.1. The summed E-state index contributed by atoms with van der Waals surface area (Å²) < 4.78 is 22.7.